The molecule has 0 spiro atoms. The van der Waals surface area contributed by atoms with Crippen molar-refractivity contribution in [1.29, 1.82) is 0 Å². The van der Waals surface area contributed by atoms with Crippen LogP contribution < -0.4 is 10.6 Å². The quantitative estimate of drug-likeness (QED) is 0.575. The number of methoxy groups -OCH3 is 1. The number of ether oxygens (including phenoxy) is 1. The van der Waals surface area contributed by atoms with E-state index in [9.17, 15) is 4.39 Å². The molecule has 0 amide bonds. The summed E-state index contributed by atoms with van der Waals surface area (Å²) in [5, 5.41) is 13.3. The summed E-state index contributed by atoms with van der Waals surface area (Å²) >= 11 is 6.14. The number of nitrogens with zero attached hydrogens (tertiary/aromatic N) is 5. The Morgan fingerprint density at radius 3 is 2.69 bits per heavy atom. The lowest BCUT2D eigenvalue weighted by molar-refractivity contribution is 0.183. The minimum Gasteiger partial charge on any atom is -0.382 e. The van der Waals surface area contributed by atoms with Gasteiger partial charge in [-0.05, 0) is 6.92 Å². The molecule has 0 saturated carbocycles. The van der Waals surface area contributed by atoms with Crippen molar-refractivity contribution in [2.45, 2.75) is 13.0 Å². The first-order valence-electron chi connectivity index (χ1n) is 7.59. The zero-order valence-electron chi connectivity index (χ0n) is 14.0. The molecule has 0 aliphatic rings. The molecule has 3 aromatic heterocycles. The van der Waals surface area contributed by atoms with Crippen LogP contribution in [0.3, 0.4) is 0 Å². The number of hydrogen-bond acceptors (Lipinski definition) is 8. The van der Waals surface area contributed by atoms with Crippen molar-refractivity contribution in [3.05, 3.63) is 47.0 Å². The van der Waals surface area contributed by atoms with E-state index in [4.69, 9.17) is 16.3 Å². The standard InChI is InChI=1S/C15H16ClFN8O/c1-8-3-12(25-24-8)22-13-10(16)6-20-15(23-13)21-11(7-26-2)14-18-4-9(17)5-19-14/h3-6,11H,7H2,1-2H3,(H3,20,21,22,23,24,25). The molecule has 3 rings (SSSR count). The van der Waals surface area contributed by atoms with Gasteiger partial charge in [0.1, 0.15) is 11.1 Å². The number of nitrogens with one attached hydrogen (secondary N) is 3. The number of aryl methyl sites for hydroxylation is 1. The summed E-state index contributed by atoms with van der Waals surface area (Å²) in [5.74, 6) is 1.06. The van der Waals surface area contributed by atoms with Crippen molar-refractivity contribution >= 4 is 29.2 Å². The summed E-state index contributed by atoms with van der Waals surface area (Å²) in [4.78, 5) is 16.4. The predicted molar refractivity (Wildman–Crippen MR) is 93.9 cm³/mol. The number of anilines is 3. The van der Waals surface area contributed by atoms with Crippen LogP contribution in [0.1, 0.15) is 17.6 Å². The number of hydrogen-bond donors (Lipinski definition) is 3. The molecular formula is C15H16ClFN8O. The fourth-order valence-corrected chi connectivity index (χ4v) is 2.27. The van der Waals surface area contributed by atoms with Crippen LogP contribution in [0.5, 0.6) is 0 Å². The summed E-state index contributed by atoms with van der Waals surface area (Å²) in [5.41, 5.74) is 0.893. The van der Waals surface area contributed by atoms with Gasteiger partial charge in [0, 0.05) is 18.9 Å². The van der Waals surface area contributed by atoms with Gasteiger partial charge in [0.05, 0.1) is 25.2 Å². The van der Waals surface area contributed by atoms with E-state index in [0.29, 0.717) is 22.5 Å². The molecule has 26 heavy (non-hydrogen) atoms. The lowest BCUT2D eigenvalue weighted by Crippen LogP contribution is -2.20. The monoisotopic (exact) mass is 378 g/mol. The van der Waals surface area contributed by atoms with Crippen LogP contribution in [-0.2, 0) is 4.74 Å². The van der Waals surface area contributed by atoms with Gasteiger partial charge in [0.25, 0.3) is 0 Å². The molecule has 11 heteroatoms. The Kier molecular flexibility index (Phi) is 5.54. The molecule has 0 bridgehead atoms. The average Bonchev–Trinajstić information content (AvgIpc) is 3.03. The summed E-state index contributed by atoms with van der Waals surface area (Å²) in [6.07, 6.45) is 3.62. The van der Waals surface area contributed by atoms with Crippen molar-refractivity contribution in [3.8, 4) is 0 Å². The van der Waals surface area contributed by atoms with E-state index in [0.717, 1.165) is 18.1 Å². The molecule has 1 unspecified atom stereocenters. The van der Waals surface area contributed by atoms with E-state index in [2.05, 4.69) is 40.8 Å². The van der Waals surface area contributed by atoms with Crippen LogP contribution in [0.4, 0.5) is 22.0 Å². The molecule has 3 heterocycles. The molecule has 0 radical (unpaired) electrons. The second-order valence-corrected chi connectivity index (χ2v) is 5.77. The highest BCUT2D eigenvalue weighted by atomic mass is 35.5. The maximum absolute atomic E-state index is 13.0. The summed E-state index contributed by atoms with van der Waals surface area (Å²) in [7, 11) is 1.54. The Hall–Kier alpha value is -2.85. The van der Waals surface area contributed by atoms with Gasteiger partial charge in [0.15, 0.2) is 23.3 Å². The van der Waals surface area contributed by atoms with Gasteiger partial charge in [-0.3, -0.25) is 5.10 Å². The Labute approximate surface area is 153 Å². The molecule has 1 atom stereocenters. The zero-order valence-corrected chi connectivity index (χ0v) is 14.8. The minimum absolute atomic E-state index is 0.235. The Morgan fingerprint density at radius 2 is 2.04 bits per heavy atom. The number of halogens is 2. The number of aromatic nitrogens is 6. The Bertz CT molecular complexity index is 872. The maximum atomic E-state index is 13.0. The molecule has 0 fully saturated rings. The van der Waals surface area contributed by atoms with Crippen molar-refractivity contribution in [2.24, 2.45) is 0 Å². The van der Waals surface area contributed by atoms with Gasteiger partial charge in [-0.25, -0.2) is 19.3 Å². The maximum Gasteiger partial charge on any atom is 0.225 e. The molecule has 0 saturated heterocycles. The van der Waals surface area contributed by atoms with Crippen LogP contribution in [0.2, 0.25) is 5.02 Å². The van der Waals surface area contributed by atoms with E-state index in [1.54, 1.807) is 0 Å². The van der Waals surface area contributed by atoms with Gasteiger partial charge in [-0.2, -0.15) is 10.1 Å². The van der Waals surface area contributed by atoms with E-state index in [1.165, 1.54) is 13.3 Å². The van der Waals surface area contributed by atoms with Gasteiger partial charge < -0.3 is 15.4 Å². The predicted octanol–water partition coefficient (Wildman–Crippen LogP) is 2.63. The van der Waals surface area contributed by atoms with Crippen molar-refractivity contribution in [2.75, 3.05) is 24.4 Å². The third kappa shape index (κ3) is 4.41. The van der Waals surface area contributed by atoms with Crippen LogP contribution >= 0.6 is 11.6 Å². The van der Waals surface area contributed by atoms with E-state index < -0.39 is 11.9 Å². The van der Waals surface area contributed by atoms with Gasteiger partial charge in [0.2, 0.25) is 5.95 Å². The van der Waals surface area contributed by atoms with Crippen LogP contribution in [0.25, 0.3) is 0 Å². The third-order valence-corrected chi connectivity index (χ3v) is 3.56. The minimum atomic E-state index is -0.520. The molecule has 3 N–H and O–H groups in total. The fourth-order valence-electron chi connectivity index (χ4n) is 2.13. The number of aromatic amines is 1. The summed E-state index contributed by atoms with van der Waals surface area (Å²) in [6.45, 7) is 2.11. The van der Waals surface area contributed by atoms with Gasteiger partial charge in [-0.15, -0.1) is 0 Å². The van der Waals surface area contributed by atoms with E-state index in [1.807, 2.05) is 13.0 Å². The second kappa shape index (κ2) is 8.02. The molecule has 136 valence electrons. The van der Waals surface area contributed by atoms with E-state index >= 15 is 0 Å². The highest BCUT2D eigenvalue weighted by Crippen LogP contribution is 2.24. The highest BCUT2D eigenvalue weighted by molar-refractivity contribution is 6.32. The molecule has 3 aromatic rings. The van der Waals surface area contributed by atoms with Crippen molar-refractivity contribution < 1.29 is 9.13 Å². The number of rotatable bonds is 7. The summed E-state index contributed by atoms with van der Waals surface area (Å²) < 4.78 is 18.2. The van der Waals surface area contributed by atoms with Gasteiger partial charge in [-0.1, -0.05) is 11.6 Å². The van der Waals surface area contributed by atoms with E-state index in [-0.39, 0.29) is 12.6 Å². The summed E-state index contributed by atoms with van der Waals surface area (Å²) in [6, 6.07) is 1.34. The van der Waals surface area contributed by atoms with Crippen LogP contribution in [0, 0.1) is 12.7 Å². The molecule has 0 aromatic carbocycles. The first-order chi connectivity index (χ1) is 12.5. The van der Waals surface area contributed by atoms with Crippen LogP contribution in [0.15, 0.2) is 24.7 Å². The largest absolute Gasteiger partial charge is 0.382 e. The molecule has 9 nitrogen and oxygen atoms in total. The average molecular weight is 379 g/mol. The first kappa shape index (κ1) is 18.0. The molecule has 0 aliphatic carbocycles. The third-order valence-electron chi connectivity index (χ3n) is 3.29. The smallest absolute Gasteiger partial charge is 0.225 e. The topological polar surface area (TPSA) is 114 Å². The Balaban J connectivity index is 1.80. The highest BCUT2D eigenvalue weighted by Gasteiger charge is 2.17. The zero-order chi connectivity index (χ0) is 18.5. The number of H-pyrrole nitrogens is 1. The first-order valence-corrected chi connectivity index (χ1v) is 7.97. The lowest BCUT2D eigenvalue weighted by Gasteiger charge is -2.17. The van der Waals surface area contributed by atoms with Crippen molar-refractivity contribution in [3.63, 3.8) is 0 Å². The fraction of sp³-hybridized carbons (Fsp3) is 0.267. The van der Waals surface area contributed by atoms with Gasteiger partial charge >= 0.3 is 0 Å². The Morgan fingerprint density at radius 1 is 1.27 bits per heavy atom. The lowest BCUT2D eigenvalue weighted by atomic mass is 10.3. The normalized spacial score (nSPS) is 12.0. The second-order valence-electron chi connectivity index (χ2n) is 5.36. The SMILES string of the molecule is COCC(Nc1ncc(Cl)c(Nc2cc(C)[nH]n2)n1)c1ncc(F)cn1. The van der Waals surface area contributed by atoms with Crippen molar-refractivity contribution in [1.82, 2.24) is 30.1 Å². The molecular weight excluding hydrogens is 363 g/mol. The molecule has 0 aliphatic heterocycles. The van der Waals surface area contributed by atoms with Crippen LogP contribution in [-0.4, -0.2) is 43.8 Å².